The minimum Gasteiger partial charge on any atom is -0.394 e. The monoisotopic (exact) mass is 792 g/mol. The summed E-state index contributed by atoms with van der Waals surface area (Å²) in [6.45, 7) is 4.21. The zero-order valence-electron chi connectivity index (χ0n) is 38.0. The first kappa shape index (κ1) is 55.1. The van der Waals surface area contributed by atoms with Crippen molar-refractivity contribution in [3.05, 3.63) is 12.2 Å². The Bertz CT molecular complexity index is 788. The summed E-state index contributed by atoms with van der Waals surface area (Å²) in [6.07, 6.45) is 57.0. The molecule has 0 aromatic rings. The molecule has 0 fully saturated rings. The van der Waals surface area contributed by atoms with Gasteiger partial charge in [-0.05, 0) is 19.3 Å². The van der Waals surface area contributed by atoms with E-state index >= 15 is 0 Å². The van der Waals surface area contributed by atoms with Crippen LogP contribution in [0.4, 0.5) is 0 Å². The van der Waals surface area contributed by atoms with Crippen LogP contribution in [0, 0.1) is 0 Å². The lowest BCUT2D eigenvalue weighted by atomic mass is 10.0. The molecule has 0 rings (SSSR count). The van der Waals surface area contributed by atoms with Gasteiger partial charge in [0.25, 0.3) is 0 Å². The second kappa shape index (κ2) is 46.8. The highest BCUT2D eigenvalue weighted by atomic mass is 16.3. The topological polar surface area (TPSA) is 89.8 Å². The second-order valence-electron chi connectivity index (χ2n) is 17.7. The van der Waals surface area contributed by atoms with Crippen LogP contribution in [-0.2, 0) is 4.79 Å². The minimum absolute atomic E-state index is 0.359. The summed E-state index contributed by atoms with van der Waals surface area (Å²) in [5, 5.41) is 33.3. The van der Waals surface area contributed by atoms with Gasteiger partial charge in [-0.1, -0.05) is 276 Å². The molecule has 5 heteroatoms. The van der Waals surface area contributed by atoms with Crippen molar-refractivity contribution in [3.63, 3.8) is 0 Å². The molecular formula is C51H101NO4. The van der Waals surface area contributed by atoms with Crippen LogP contribution in [0.5, 0.6) is 0 Å². The number of hydrogen-bond acceptors (Lipinski definition) is 4. The molecular weight excluding hydrogens is 691 g/mol. The van der Waals surface area contributed by atoms with Crippen molar-refractivity contribution in [2.75, 3.05) is 6.61 Å². The summed E-state index contributed by atoms with van der Waals surface area (Å²) in [7, 11) is 0. The molecule has 5 nitrogen and oxygen atoms in total. The summed E-state index contributed by atoms with van der Waals surface area (Å²) in [6, 6.07) is -0.793. The summed E-state index contributed by atoms with van der Waals surface area (Å²) in [4.78, 5) is 12.5. The van der Waals surface area contributed by atoms with Crippen LogP contribution in [0.15, 0.2) is 12.2 Å². The van der Waals surface area contributed by atoms with E-state index in [9.17, 15) is 20.1 Å². The molecule has 1 amide bonds. The Morgan fingerprint density at radius 3 is 0.982 bits per heavy atom. The largest absolute Gasteiger partial charge is 0.394 e. The van der Waals surface area contributed by atoms with E-state index in [-0.39, 0.29) is 6.61 Å². The first-order chi connectivity index (χ1) is 27.6. The maximum atomic E-state index is 12.5. The van der Waals surface area contributed by atoms with E-state index in [1.165, 1.54) is 231 Å². The van der Waals surface area contributed by atoms with Gasteiger partial charge in [-0.3, -0.25) is 4.79 Å². The van der Waals surface area contributed by atoms with Crippen molar-refractivity contribution >= 4 is 5.91 Å². The number of carbonyl (C=O) groups excluding carboxylic acids is 1. The lowest BCUT2D eigenvalue weighted by Crippen LogP contribution is -2.48. The highest BCUT2D eigenvalue weighted by Gasteiger charge is 2.22. The van der Waals surface area contributed by atoms with Gasteiger partial charge in [0.15, 0.2) is 0 Å². The summed E-state index contributed by atoms with van der Waals surface area (Å²) < 4.78 is 0. The molecule has 0 aromatic heterocycles. The van der Waals surface area contributed by atoms with Gasteiger partial charge in [-0.25, -0.2) is 0 Å². The second-order valence-corrected chi connectivity index (χ2v) is 17.7. The van der Waals surface area contributed by atoms with E-state index in [2.05, 4.69) is 19.2 Å². The number of aliphatic hydroxyl groups is 3. The highest BCUT2D eigenvalue weighted by molar-refractivity contribution is 5.80. The number of allylic oxidation sites excluding steroid dienone is 1. The summed E-state index contributed by atoms with van der Waals surface area (Å²) >= 11 is 0. The van der Waals surface area contributed by atoms with E-state index in [4.69, 9.17) is 0 Å². The van der Waals surface area contributed by atoms with Crippen LogP contribution in [0.2, 0.25) is 0 Å². The summed E-state index contributed by atoms with van der Waals surface area (Å²) in [5.74, 6) is -0.497. The van der Waals surface area contributed by atoms with Crippen molar-refractivity contribution < 1.29 is 20.1 Å². The zero-order chi connectivity index (χ0) is 40.8. The molecule has 334 valence electrons. The van der Waals surface area contributed by atoms with E-state index in [1.54, 1.807) is 6.08 Å². The molecule has 0 spiro atoms. The fourth-order valence-corrected chi connectivity index (χ4v) is 8.13. The van der Waals surface area contributed by atoms with Crippen LogP contribution in [0.3, 0.4) is 0 Å². The van der Waals surface area contributed by atoms with Crippen molar-refractivity contribution in [2.24, 2.45) is 0 Å². The minimum atomic E-state index is -1.09. The quantitative estimate of drug-likeness (QED) is 0.0365. The van der Waals surface area contributed by atoms with Crippen LogP contribution in [-0.4, -0.2) is 46.1 Å². The molecule has 0 aromatic carbocycles. The smallest absolute Gasteiger partial charge is 0.249 e. The van der Waals surface area contributed by atoms with Gasteiger partial charge in [0.1, 0.15) is 6.10 Å². The Hall–Kier alpha value is -0.910. The van der Waals surface area contributed by atoms with Crippen molar-refractivity contribution in [3.8, 4) is 0 Å². The number of hydrogen-bond donors (Lipinski definition) is 4. The van der Waals surface area contributed by atoms with Crippen molar-refractivity contribution in [1.82, 2.24) is 5.32 Å². The van der Waals surface area contributed by atoms with Crippen LogP contribution in [0.1, 0.15) is 284 Å². The number of unbranched alkanes of at least 4 members (excludes halogenated alkanes) is 39. The van der Waals surface area contributed by atoms with Crippen LogP contribution >= 0.6 is 0 Å². The summed E-state index contributed by atoms with van der Waals surface area (Å²) in [5.41, 5.74) is 0. The molecule has 0 radical (unpaired) electrons. The predicted molar refractivity (Wildman–Crippen MR) is 245 cm³/mol. The maximum Gasteiger partial charge on any atom is 0.249 e. The fourth-order valence-electron chi connectivity index (χ4n) is 8.13. The first-order valence-corrected chi connectivity index (χ1v) is 25.5. The average Bonchev–Trinajstić information content (AvgIpc) is 3.20. The third kappa shape index (κ3) is 41.3. The zero-order valence-corrected chi connectivity index (χ0v) is 38.0. The van der Waals surface area contributed by atoms with Crippen molar-refractivity contribution in [1.29, 1.82) is 0 Å². The third-order valence-corrected chi connectivity index (χ3v) is 12.1. The SMILES string of the molecule is CCCCCCCCCCCCCCCCCCCCCCCC/C=C/C(O)C(CO)NC(=O)C(O)CCCCCCCCCCCCCCCCCCCC. The van der Waals surface area contributed by atoms with Gasteiger partial charge in [0, 0.05) is 0 Å². The lowest BCUT2D eigenvalue weighted by Gasteiger charge is -2.21. The van der Waals surface area contributed by atoms with E-state index in [0.29, 0.717) is 6.42 Å². The molecule has 56 heavy (non-hydrogen) atoms. The third-order valence-electron chi connectivity index (χ3n) is 12.1. The van der Waals surface area contributed by atoms with Gasteiger partial charge in [-0.2, -0.15) is 0 Å². The normalized spacial score (nSPS) is 13.4. The number of aliphatic hydroxyl groups excluding tert-OH is 3. The lowest BCUT2D eigenvalue weighted by molar-refractivity contribution is -0.131. The fraction of sp³-hybridized carbons (Fsp3) is 0.941. The Balaban J connectivity index is 3.58. The van der Waals surface area contributed by atoms with Gasteiger partial charge in [0.05, 0.1) is 18.8 Å². The number of amides is 1. The first-order valence-electron chi connectivity index (χ1n) is 25.5. The number of nitrogens with one attached hydrogen (secondary N) is 1. The van der Waals surface area contributed by atoms with Crippen molar-refractivity contribution in [2.45, 2.75) is 302 Å². The van der Waals surface area contributed by atoms with E-state index < -0.39 is 24.2 Å². The van der Waals surface area contributed by atoms with Gasteiger partial charge in [-0.15, -0.1) is 0 Å². The molecule has 0 saturated heterocycles. The molecule has 0 saturated carbocycles. The highest BCUT2D eigenvalue weighted by Crippen LogP contribution is 2.17. The number of rotatable bonds is 47. The maximum absolute atomic E-state index is 12.5. The van der Waals surface area contributed by atoms with Crippen LogP contribution < -0.4 is 5.32 Å². The van der Waals surface area contributed by atoms with E-state index in [0.717, 1.165) is 32.1 Å². The Morgan fingerprint density at radius 2 is 0.696 bits per heavy atom. The molecule has 3 atom stereocenters. The molecule has 0 aliphatic heterocycles. The molecule has 0 bridgehead atoms. The average molecular weight is 792 g/mol. The van der Waals surface area contributed by atoms with Gasteiger partial charge < -0.3 is 20.6 Å². The molecule has 4 N–H and O–H groups in total. The Labute approximate surface area is 350 Å². The molecule has 0 aliphatic rings. The Morgan fingerprint density at radius 1 is 0.429 bits per heavy atom. The van der Waals surface area contributed by atoms with Gasteiger partial charge in [0.2, 0.25) is 5.91 Å². The molecule has 0 aliphatic carbocycles. The number of carbonyl (C=O) groups is 1. The Kier molecular flexibility index (Phi) is 46.0. The van der Waals surface area contributed by atoms with Gasteiger partial charge >= 0.3 is 0 Å². The predicted octanol–water partition coefficient (Wildman–Crippen LogP) is 15.2. The molecule has 0 heterocycles. The standard InChI is InChI=1S/C51H101NO4/c1-3-5-7-9-11-13-15-17-19-21-23-24-25-26-27-28-30-31-33-35-37-39-41-43-45-49(54)48(47-53)52-51(56)50(55)46-44-42-40-38-36-34-32-29-22-20-18-16-14-12-10-8-6-4-2/h43,45,48-50,53-55H,3-42,44,46-47H2,1-2H3,(H,52,56)/b45-43+. The van der Waals surface area contributed by atoms with E-state index in [1.807, 2.05) is 6.08 Å². The molecule has 3 unspecified atom stereocenters. The van der Waals surface area contributed by atoms with Crippen LogP contribution in [0.25, 0.3) is 0 Å².